The van der Waals surface area contributed by atoms with E-state index in [0.717, 1.165) is 6.42 Å². The lowest BCUT2D eigenvalue weighted by Gasteiger charge is -2.25. The Morgan fingerprint density at radius 3 is 2.41 bits per heavy atom. The maximum atomic E-state index is 10.9. The van der Waals surface area contributed by atoms with Crippen molar-refractivity contribution in [3.63, 3.8) is 0 Å². The van der Waals surface area contributed by atoms with Crippen molar-refractivity contribution in [2.24, 2.45) is 5.41 Å². The summed E-state index contributed by atoms with van der Waals surface area (Å²) in [5.41, 5.74) is 5.31. The maximum absolute atomic E-state index is 10.9. The average molecular weight is 245 g/mol. The Balaban J connectivity index is 3.70. The fraction of sp³-hybridized carbons (Fsp3) is 0.818. The second-order valence-corrected chi connectivity index (χ2v) is 4.68. The third-order valence-corrected chi connectivity index (χ3v) is 2.38. The van der Waals surface area contributed by atoms with Gasteiger partial charge in [-0.25, -0.2) is 5.43 Å². The van der Waals surface area contributed by atoms with E-state index in [1.54, 1.807) is 6.92 Å². The largest absolute Gasteiger partial charge is 0.387 e. The van der Waals surface area contributed by atoms with Gasteiger partial charge in [-0.05, 0) is 11.8 Å². The van der Waals surface area contributed by atoms with Crippen LogP contribution < -0.4 is 16.2 Å². The van der Waals surface area contributed by atoms with Crippen molar-refractivity contribution in [2.45, 2.75) is 33.6 Å². The molecule has 100 valence electrons. The van der Waals surface area contributed by atoms with Crippen LogP contribution in [0.2, 0.25) is 0 Å². The zero-order valence-electron chi connectivity index (χ0n) is 10.8. The van der Waals surface area contributed by atoms with E-state index in [-0.39, 0.29) is 17.2 Å². The first-order chi connectivity index (χ1) is 7.91. The third-order valence-electron chi connectivity index (χ3n) is 2.38. The summed E-state index contributed by atoms with van der Waals surface area (Å²) < 4.78 is 0. The molecule has 0 aromatic heterocycles. The molecule has 0 aromatic carbocycles. The highest BCUT2D eigenvalue weighted by Gasteiger charge is 2.18. The Kier molecular flexibility index (Phi) is 7.49. The first-order valence-electron chi connectivity index (χ1n) is 5.80. The Morgan fingerprint density at radius 2 is 1.88 bits per heavy atom. The van der Waals surface area contributed by atoms with Crippen molar-refractivity contribution in [1.29, 1.82) is 0 Å². The van der Waals surface area contributed by atoms with Gasteiger partial charge in [0.25, 0.3) is 0 Å². The highest BCUT2D eigenvalue weighted by atomic mass is 16.3. The summed E-state index contributed by atoms with van der Waals surface area (Å²) in [6, 6.07) is 0. The van der Waals surface area contributed by atoms with Gasteiger partial charge in [-0.2, -0.15) is 0 Å². The molecule has 6 heteroatoms. The van der Waals surface area contributed by atoms with Crippen LogP contribution in [0.3, 0.4) is 0 Å². The smallest absolute Gasteiger partial charge is 0.245 e. The molecule has 0 aliphatic carbocycles. The van der Waals surface area contributed by atoms with Gasteiger partial charge in [0.15, 0.2) is 0 Å². The summed E-state index contributed by atoms with van der Waals surface area (Å²) in [7, 11) is 0. The quantitative estimate of drug-likeness (QED) is 0.344. The molecule has 0 bridgehead atoms. The van der Waals surface area contributed by atoms with E-state index in [1.165, 1.54) is 0 Å². The van der Waals surface area contributed by atoms with E-state index in [4.69, 9.17) is 5.11 Å². The van der Waals surface area contributed by atoms with Gasteiger partial charge in [0.1, 0.15) is 6.61 Å². The number of hydrogen-bond acceptors (Lipinski definition) is 4. The molecule has 0 saturated heterocycles. The fourth-order valence-electron chi connectivity index (χ4n) is 1.13. The summed E-state index contributed by atoms with van der Waals surface area (Å²) in [5, 5.41) is 11.2. The van der Waals surface area contributed by atoms with Gasteiger partial charge >= 0.3 is 0 Å². The zero-order valence-corrected chi connectivity index (χ0v) is 10.8. The molecule has 2 amide bonds. The van der Waals surface area contributed by atoms with Crippen LogP contribution in [-0.2, 0) is 9.59 Å². The lowest BCUT2D eigenvalue weighted by molar-refractivity contribution is -0.124. The molecule has 0 fully saturated rings. The van der Waals surface area contributed by atoms with E-state index in [0.29, 0.717) is 19.5 Å². The molecule has 0 aliphatic heterocycles. The number of aliphatic hydroxyl groups excluding tert-OH is 1. The molecule has 6 nitrogen and oxygen atoms in total. The molecule has 0 spiro atoms. The van der Waals surface area contributed by atoms with E-state index in [1.807, 2.05) is 13.8 Å². The summed E-state index contributed by atoms with van der Waals surface area (Å²) in [6.45, 7) is 6.44. The Bertz CT molecular complexity index is 254. The van der Waals surface area contributed by atoms with Gasteiger partial charge in [-0.15, -0.1) is 0 Å². The second kappa shape index (κ2) is 8.03. The van der Waals surface area contributed by atoms with Gasteiger partial charge in [-0.1, -0.05) is 20.8 Å². The van der Waals surface area contributed by atoms with Gasteiger partial charge in [0.2, 0.25) is 11.8 Å². The summed E-state index contributed by atoms with van der Waals surface area (Å²) in [5.74, 6) is -0.415. The van der Waals surface area contributed by atoms with Crippen LogP contribution in [0.25, 0.3) is 0 Å². The minimum atomic E-state index is -0.485. The number of nitrogens with one attached hydrogen (secondary N) is 3. The van der Waals surface area contributed by atoms with Crippen LogP contribution in [0.5, 0.6) is 0 Å². The normalized spacial score (nSPS) is 11.1. The molecule has 4 N–H and O–H groups in total. The molecule has 0 saturated carbocycles. The molecule has 0 aromatic rings. The standard InChI is InChI=1S/C11H23N3O3/c1-4-9(16)14-13-6-5-11(2,3)8-12-10(17)7-15/h13,15H,4-8H2,1-3H3,(H,12,17)(H,14,16). The zero-order chi connectivity index (χ0) is 13.3. The predicted octanol–water partition coefficient (Wildman–Crippen LogP) is -0.458. The average Bonchev–Trinajstić information content (AvgIpc) is 2.31. The number of aliphatic hydroxyl groups is 1. The van der Waals surface area contributed by atoms with Crippen LogP contribution in [-0.4, -0.2) is 36.6 Å². The van der Waals surface area contributed by atoms with Crippen LogP contribution in [0, 0.1) is 5.41 Å². The van der Waals surface area contributed by atoms with Crippen molar-refractivity contribution in [2.75, 3.05) is 19.7 Å². The SMILES string of the molecule is CCC(=O)NNCCC(C)(C)CNC(=O)CO. The third kappa shape index (κ3) is 8.65. The van der Waals surface area contributed by atoms with E-state index >= 15 is 0 Å². The van der Waals surface area contributed by atoms with E-state index in [9.17, 15) is 9.59 Å². The molecule has 17 heavy (non-hydrogen) atoms. The van der Waals surface area contributed by atoms with Gasteiger partial charge in [-0.3, -0.25) is 15.0 Å². The fourth-order valence-corrected chi connectivity index (χ4v) is 1.13. The van der Waals surface area contributed by atoms with Crippen LogP contribution >= 0.6 is 0 Å². The van der Waals surface area contributed by atoms with Gasteiger partial charge < -0.3 is 10.4 Å². The number of carbonyl (C=O) groups is 2. The van der Waals surface area contributed by atoms with Crippen molar-refractivity contribution in [1.82, 2.24) is 16.2 Å². The highest BCUT2D eigenvalue weighted by Crippen LogP contribution is 2.17. The highest BCUT2D eigenvalue weighted by molar-refractivity contribution is 5.76. The lowest BCUT2D eigenvalue weighted by atomic mass is 9.89. The van der Waals surface area contributed by atoms with E-state index < -0.39 is 6.61 Å². The van der Waals surface area contributed by atoms with Crippen LogP contribution in [0.1, 0.15) is 33.6 Å². The molecule has 0 heterocycles. The number of carbonyl (C=O) groups excluding carboxylic acids is 2. The molecule has 0 unspecified atom stereocenters. The minimum absolute atomic E-state index is 0.0450. The number of hydrogen-bond donors (Lipinski definition) is 4. The number of hydrazine groups is 1. The second-order valence-electron chi connectivity index (χ2n) is 4.68. The molecule has 0 atom stereocenters. The summed E-state index contributed by atoms with van der Waals surface area (Å²) in [6.07, 6.45) is 1.24. The first-order valence-corrected chi connectivity index (χ1v) is 5.80. The van der Waals surface area contributed by atoms with Crippen LogP contribution in [0.15, 0.2) is 0 Å². The van der Waals surface area contributed by atoms with Gasteiger partial charge in [0.05, 0.1) is 0 Å². The van der Waals surface area contributed by atoms with Crippen molar-refractivity contribution < 1.29 is 14.7 Å². The number of amides is 2. The minimum Gasteiger partial charge on any atom is -0.387 e. The molecular formula is C11H23N3O3. The molecule has 0 radical (unpaired) electrons. The number of rotatable bonds is 8. The van der Waals surface area contributed by atoms with Crippen molar-refractivity contribution in [3.8, 4) is 0 Å². The summed E-state index contributed by atoms with van der Waals surface area (Å²) >= 11 is 0. The lowest BCUT2D eigenvalue weighted by Crippen LogP contribution is -2.41. The maximum Gasteiger partial charge on any atom is 0.245 e. The van der Waals surface area contributed by atoms with Crippen molar-refractivity contribution >= 4 is 11.8 Å². The predicted molar refractivity (Wildman–Crippen MR) is 64.9 cm³/mol. The molecule has 0 rings (SSSR count). The Morgan fingerprint density at radius 1 is 1.24 bits per heavy atom. The molecule has 0 aliphatic rings. The summed E-state index contributed by atoms with van der Waals surface area (Å²) in [4.78, 5) is 21.8. The Labute approximate surface area is 102 Å². The monoisotopic (exact) mass is 245 g/mol. The van der Waals surface area contributed by atoms with Crippen molar-refractivity contribution in [3.05, 3.63) is 0 Å². The van der Waals surface area contributed by atoms with Gasteiger partial charge in [0, 0.05) is 19.5 Å². The topological polar surface area (TPSA) is 90.5 Å². The van der Waals surface area contributed by atoms with Crippen LogP contribution in [0.4, 0.5) is 0 Å². The Hall–Kier alpha value is -1.14. The first kappa shape index (κ1) is 15.9. The molecular weight excluding hydrogens is 222 g/mol. The van der Waals surface area contributed by atoms with E-state index in [2.05, 4.69) is 16.2 Å².